The molecule has 0 aromatic carbocycles. The maximum absolute atomic E-state index is 11.1. The Kier molecular flexibility index (Phi) is 10.4. The van der Waals surface area contributed by atoms with Crippen molar-refractivity contribution >= 4 is 35.3 Å². The quantitative estimate of drug-likeness (QED) is 0.156. The summed E-state index contributed by atoms with van der Waals surface area (Å²) in [6, 6.07) is 0. The molecule has 0 saturated heterocycles. The van der Waals surface area contributed by atoms with Gasteiger partial charge in [0, 0.05) is 32.5 Å². The van der Waals surface area contributed by atoms with E-state index in [0.29, 0.717) is 24.1 Å². The van der Waals surface area contributed by atoms with Gasteiger partial charge < -0.3 is 39.6 Å². The molecule has 14 nitrogen and oxygen atoms in total. The van der Waals surface area contributed by atoms with Crippen LogP contribution in [-0.4, -0.2) is 107 Å². The summed E-state index contributed by atoms with van der Waals surface area (Å²) in [7, 11) is 0. The van der Waals surface area contributed by atoms with E-state index >= 15 is 0 Å². The molecule has 0 spiro atoms. The Hall–Kier alpha value is -3.04. The first-order valence-corrected chi connectivity index (χ1v) is 10.4. The lowest BCUT2D eigenvalue weighted by Gasteiger charge is -2.23. The summed E-state index contributed by atoms with van der Waals surface area (Å²) in [5.41, 5.74) is 0.893. The summed E-state index contributed by atoms with van der Waals surface area (Å²) in [6.07, 6.45) is -2.57. The lowest BCUT2D eigenvalue weighted by Crippen LogP contribution is -2.46. The van der Waals surface area contributed by atoms with Gasteiger partial charge in [-0.15, -0.1) is 0 Å². The molecule has 4 atom stereocenters. The van der Waals surface area contributed by atoms with Gasteiger partial charge in [-0.25, -0.2) is 15.0 Å². The van der Waals surface area contributed by atoms with Crippen LogP contribution in [0.5, 0.6) is 0 Å². The number of rotatable bonds is 13. The number of imidazole rings is 1. The van der Waals surface area contributed by atoms with Gasteiger partial charge >= 0.3 is 11.9 Å². The van der Waals surface area contributed by atoms with Crippen molar-refractivity contribution in [3.05, 3.63) is 12.5 Å². The molecular weight excluding hydrogens is 454 g/mol. The molecule has 2 aromatic rings. The zero-order chi connectivity index (χ0) is 25.3. The zero-order valence-electron chi connectivity index (χ0n) is 18.8. The number of nitrogens with zero attached hydrogens (tertiary/aromatic N) is 5. The second kappa shape index (κ2) is 13.0. The topological polar surface area (TPSA) is 210 Å². The second-order valence-corrected chi connectivity index (χ2v) is 7.58. The minimum absolute atomic E-state index is 0.0610. The average molecular weight is 483 g/mol. The maximum Gasteiger partial charge on any atom is 0.302 e. The van der Waals surface area contributed by atoms with Crippen LogP contribution in [0.25, 0.3) is 11.2 Å². The van der Waals surface area contributed by atoms with Crippen molar-refractivity contribution in [2.45, 2.75) is 51.2 Å². The number of carbonyl (C=O) groups is 2. The number of hydrogen-bond acceptors (Lipinski definition) is 13. The normalized spacial score (nSPS) is 15.4. The third-order valence-corrected chi connectivity index (χ3v) is 4.79. The first kappa shape index (κ1) is 27.2. The molecule has 2 heterocycles. The van der Waals surface area contributed by atoms with E-state index in [4.69, 9.17) is 14.6 Å². The molecule has 0 bridgehead atoms. The van der Waals surface area contributed by atoms with E-state index < -0.39 is 43.0 Å². The molecule has 5 N–H and O–H groups in total. The summed E-state index contributed by atoms with van der Waals surface area (Å²) in [6.45, 7) is 2.34. The summed E-state index contributed by atoms with van der Waals surface area (Å²) in [5, 5.41) is 47.7. The molecule has 0 amide bonds. The van der Waals surface area contributed by atoms with E-state index in [2.05, 4.69) is 19.9 Å². The van der Waals surface area contributed by atoms with Crippen LogP contribution in [0.2, 0.25) is 0 Å². The number of aliphatic hydroxyl groups is 5. The lowest BCUT2D eigenvalue weighted by atomic mass is 10.0. The van der Waals surface area contributed by atoms with Gasteiger partial charge in [-0.3, -0.25) is 9.59 Å². The SMILES string of the molecule is CC(=O)OCC(CCn1cnc2cnc(N=C[C@H](O)[C@@H](O)[C@H](O)[C@H](O)CO)nc21)COC(C)=O. The van der Waals surface area contributed by atoms with Crippen LogP contribution < -0.4 is 0 Å². The molecule has 0 unspecified atom stereocenters. The van der Waals surface area contributed by atoms with Crippen molar-refractivity contribution in [1.82, 2.24) is 19.5 Å². The van der Waals surface area contributed by atoms with Crippen LogP contribution in [0.4, 0.5) is 5.95 Å². The molecule has 0 saturated carbocycles. The van der Waals surface area contributed by atoms with Crippen molar-refractivity contribution < 1.29 is 44.6 Å². The third kappa shape index (κ3) is 8.07. The highest BCUT2D eigenvalue weighted by Crippen LogP contribution is 2.16. The van der Waals surface area contributed by atoms with E-state index in [9.17, 15) is 30.0 Å². The van der Waals surface area contributed by atoms with E-state index in [1.165, 1.54) is 26.4 Å². The molecule has 0 aliphatic carbocycles. The number of hydrogen-bond donors (Lipinski definition) is 5. The Morgan fingerprint density at radius 3 is 2.32 bits per heavy atom. The van der Waals surface area contributed by atoms with E-state index in [1.54, 1.807) is 4.57 Å². The Balaban J connectivity index is 2.09. The zero-order valence-corrected chi connectivity index (χ0v) is 18.8. The predicted molar refractivity (Wildman–Crippen MR) is 116 cm³/mol. The fourth-order valence-electron chi connectivity index (χ4n) is 2.85. The van der Waals surface area contributed by atoms with Crippen molar-refractivity contribution in [3.8, 4) is 0 Å². The summed E-state index contributed by atoms with van der Waals surface area (Å²) < 4.78 is 11.8. The smallest absolute Gasteiger partial charge is 0.302 e. The molecule has 0 fully saturated rings. The molecule has 14 heteroatoms. The summed E-state index contributed by atoms with van der Waals surface area (Å²) in [4.78, 5) is 38.6. The fraction of sp³-hybridized carbons (Fsp3) is 0.600. The number of aliphatic imine (C=N–C) groups is 1. The fourth-order valence-corrected chi connectivity index (χ4v) is 2.85. The molecule has 0 radical (unpaired) electrons. The molecule has 34 heavy (non-hydrogen) atoms. The molecular formula is C20H29N5O9. The third-order valence-electron chi connectivity index (χ3n) is 4.79. The lowest BCUT2D eigenvalue weighted by molar-refractivity contribution is -0.146. The number of carbonyl (C=O) groups excluding carboxylic acids is 2. The Labute approximate surface area is 194 Å². The highest BCUT2D eigenvalue weighted by molar-refractivity contribution is 5.72. The van der Waals surface area contributed by atoms with Crippen LogP contribution in [0.15, 0.2) is 17.5 Å². The first-order valence-electron chi connectivity index (χ1n) is 10.4. The largest absolute Gasteiger partial charge is 0.465 e. The highest BCUT2D eigenvalue weighted by Gasteiger charge is 2.29. The molecule has 0 aliphatic heterocycles. The minimum atomic E-state index is -1.80. The first-order chi connectivity index (χ1) is 16.1. The highest BCUT2D eigenvalue weighted by atomic mass is 16.5. The standard InChI is InChI=1S/C20H29N5O9/c1-11(27)33-8-13(9-34-12(2)28)3-4-25-10-23-14-5-21-20(24-19(14)25)22-6-15(29)17(31)18(32)16(30)7-26/h5-6,10,13,15-18,26,29-32H,3-4,7-9H2,1-2H3/t15-,16+,17+,18+/m0/s1. The number of esters is 2. The van der Waals surface area contributed by atoms with E-state index in [-0.39, 0.29) is 25.1 Å². The van der Waals surface area contributed by atoms with Gasteiger partial charge in [-0.1, -0.05) is 0 Å². The van der Waals surface area contributed by atoms with E-state index in [1.807, 2.05) is 0 Å². The van der Waals surface area contributed by atoms with Crippen LogP contribution in [0.1, 0.15) is 20.3 Å². The minimum Gasteiger partial charge on any atom is -0.465 e. The van der Waals surface area contributed by atoms with Gasteiger partial charge in [-0.05, 0) is 6.42 Å². The van der Waals surface area contributed by atoms with Gasteiger partial charge in [0.05, 0.1) is 32.3 Å². The summed E-state index contributed by atoms with van der Waals surface area (Å²) in [5.74, 6) is -1.19. The molecule has 188 valence electrons. The number of aromatic nitrogens is 4. The second-order valence-electron chi connectivity index (χ2n) is 7.58. The summed E-state index contributed by atoms with van der Waals surface area (Å²) >= 11 is 0. The van der Waals surface area contributed by atoms with Crippen LogP contribution in [0, 0.1) is 5.92 Å². The Morgan fingerprint density at radius 2 is 1.74 bits per heavy atom. The monoisotopic (exact) mass is 483 g/mol. The van der Waals surface area contributed by atoms with Crippen molar-refractivity contribution in [2.75, 3.05) is 19.8 Å². The number of ether oxygens (including phenoxy) is 2. The number of aryl methyl sites for hydroxylation is 1. The van der Waals surface area contributed by atoms with Crippen LogP contribution in [-0.2, 0) is 25.6 Å². The predicted octanol–water partition coefficient (Wildman–Crippen LogP) is -1.90. The molecule has 2 aromatic heterocycles. The number of fused-ring (bicyclic) bond motifs is 1. The average Bonchev–Trinajstić information content (AvgIpc) is 3.22. The van der Waals surface area contributed by atoms with Gasteiger partial charge in [0.15, 0.2) is 5.65 Å². The van der Waals surface area contributed by atoms with Gasteiger partial charge in [0.1, 0.15) is 29.9 Å². The van der Waals surface area contributed by atoms with Gasteiger partial charge in [0.2, 0.25) is 0 Å². The Morgan fingerprint density at radius 1 is 1.09 bits per heavy atom. The van der Waals surface area contributed by atoms with Gasteiger partial charge in [0.25, 0.3) is 5.95 Å². The molecule has 0 aliphatic rings. The molecule has 2 rings (SSSR count). The van der Waals surface area contributed by atoms with Crippen molar-refractivity contribution in [2.24, 2.45) is 10.9 Å². The van der Waals surface area contributed by atoms with Crippen LogP contribution in [0.3, 0.4) is 0 Å². The Bertz CT molecular complexity index is 964. The van der Waals surface area contributed by atoms with Crippen molar-refractivity contribution in [1.29, 1.82) is 0 Å². The van der Waals surface area contributed by atoms with E-state index in [0.717, 1.165) is 6.21 Å². The van der Waals surface area contributed by atoms with Crippen LogP contribution >= 0.6 is 0 Å². The number of aliphatic hydroxyl groups excluding tert-OH is 5. The van der Waals surface area contributed by atoms with Gasteiger partial charge in [-0.2, -0.15) is 4.98 Å². The van der Waals surface area contributed by atoms with Crippen molar-refractivity contribution in [3.63, 3.8) is 0 Å². The maximum atomic E-state index is 11.1.